The van der Waals surface area contributed by atoms with E-state index in [1.165, 1.54) is 12.5 Å². The van der Waals surface area contributed by atoms with E-state index in [1.54, 1.807) is 6.08 Å². The maximum atomic E-state index is 11.3. The third-order valence-electron chi connectivity index (χ3n) is 2.99. The first-order chi connectivity index (χ1) is 8.58. The average Bonchev–Trinajstić information content (AvgIpc) is 2.37. The fraction of sp³-hybridized carbons (Fsp3) is 0.385. The Kier molecular flexibility index (Phi) is 3.50. The summed E-state index contributed by atoms with van der Waals surface area (Å²) in [6.45, 7) is 1.51. The minimum absolute atomic E-state index is 0.120. The summed E-state index contributed by atoms with van der Waals surface area (Å²) in [4.78, 5) is 22.1. The third-order valence-corrected chi connectivity index (χ3v) is 2.99. The highest BCUT2D eigenvalue weighted by molar-refractivity contribution is 6.37. The topological polar surface area (TPSA) is 81.4 Å². The van der Waals surface area contributed by atoms with Crippen LogP contribution < -0.4 is 11.1 Å². The summed E-state index contributed by atoms with van der Waals surface area (Å²) >= 11 is 0. The first kappa shape index (κ1) is 12.4. The molecule has 0 aromatic rings. The molecular weight excluding hydrogens is 232 g/mol. The minimum Gasteiger partial charge on any atom is -0.468 e. The molecule has 0 aromatic heterocycles. The van der Waals surface area contributed by atoms with Gasteiger partial charge in [-0.25, -0.2) is 0 Å². The Morgan fingerprint density at radius 1 is 1.50 bits per heavy atom. The van der Waals surface area contributed by atoms with E-state index >= 15 is 0 Å². The number of nitrogens with two attached hydrogens (primary N) is 1. The largest absolute Gasteiger partial charge is 0.468 e. The molecule has 2 unspecified atom stereocenters. The molecule has 2 atom stereocenters. The smallest absolute Gasteiger partial charge is 0.288 e. The molecule has 96 valence electrons. The van der Waals surface area contributed by atoms with Crippen LogP contribution in [0.15, 0.2) is 35.8 Å². The quantitative estimate of drug-likeness (QED) is 0.562. The third kappa shape index (κ3) is 2.61. The molecule has 0 saturated heterocycles. The molecule has 1 aliphatic heterocycles. The Hall–Kier alpha value is -2.04. The van der Waals surface area contributed by atoms with Crippen LogP contribution >= 0.6 is 0 Å². The lowest BCUT2D eigenvalue weighted by molar-refractivity contribution is -0.141. The number of allylic oxidation sites excluding steroid dienone is 3. The number of dihydropyridines is 1. The molecule has 1 amide bonds. The standard InChI is InChI=1S/C13H16N2O3/c1-8(12(16)13(14)17)18-11-7-6-9-4-2-3-5-10(9)15-11/h3,5-8,10,15H,2,4H2,1H3,(H2,14,17). The molecule has 3 N–H and O–H groups in total. The first-order valence-electron chi connectivity index (χ1n) is 5.92. The zero-order chi connectivity index (χ0) is 13.1. The van der Waals surface area contributed by atoms with E-state index in [4.69, 9.17) is 10.5 Å². The van der Waals surface area contributed by atoms with E-state index in [0.29, 0.717) is 5.88 Å². The van der Waals surface area contributed by atoms with E-state index in [0.717, 1.165) is 12.8 Å². The number of hydrogen-bond donors (Lipinski definition) is 2. The van der Waals surface area contributed by atoms with Gasteiger partial charge in [-0.15, -0.1) is 0 Å². The summed E-state index contributed by atoms with van der Waals surface area (Å²) in [6, 6.07) is 0.120. The molecule has 1 aliphatic carbocycles. The number of amides is 1. The van der Waals surface area contributed by atoms with Crippen LogP contribution in [0.25, 0.3) is 0 Å². The Balaban J connectivity index is 2.01. The zero-order valence-electron chi connectivity index (χ0n) is 10.2. The predicted molar refractivity (Wildman–Crippen MR) is 66.2 cm³/mol. The van der Waals surface area contributed by atoms with Crippen LogP contribution in [0.4, 0.5) is 0 Å². The number of fused-ring (bicyclic) bond motifs is 1. The Morgan fingerprint density at radius 2 is 2.28 bits per heavy atom. The number of carbonyl (C=O) groups excluding carboxylic acids is 2. The monoisotopic (exact) mass is 248 g/mol. The second-order valence-electron chi connectivity index (χ2n) is 4.35. The second kappa shape index (κ2) is 5.08. The van der Waals surface area contributed by atoms with Gasteiger partial charge < -0.3 is 15.8 Å². The van der Waals surface area contributed by atoms with Crippen LogP contribution in [0, 0.1) is 0 Å². The van der Waals surface area contributed by atoms with Crippen LogP contribution in [0.2, 0.25) is 0 Å². The van der Waals surface area contributed by atoms with Crippen LogP contribution in [-0.2, 0) is 14.3 Å². The fourth-order valence-corrected chi connectivity index (χ4v) is 1.99. The van der Waals surface area contributed by atoms with Crippen molar-refractivity contribution in [2.75, 3.05) is 0 Å². The van der Waals surface area contributed by atoms with E-state index in [-0.39, 0.29) is 6.04 Å². The summed E-state index contributed by atoms with van der Waals surface area (Å²) < 4.78 is 5.38. The van der Waals surface area contributed by atoms with Gasteiger partial charge >= 0.3 is 0 Å². The van der Waals surface area contributed by atoms with E-state index in [1.807, 2.05) is 6.08 Å². The predicted octanol–water partition coefficient (Wildman–Crippen LogP) is 0.535. The van der Waals surface area contributed by atoms with Gasteiger partial charge in [0.1, 0.15) is 0 Å². The van der Waals surface area contributed by atoms with Gasteiger partial charge in [0.05, 0.1) is 6.04 Å². The lowest BCUT2D eigenvalue weighted by atomic mass is 9.94. The molecule has 0 aromatic carbocycles. The average molecular weight is 248 g/mol. The summed E-state index contributed by atoms with van der Waals surface area (Å²) in [5.41, 5.74) is 6.21. The number of nitrogens with one attached hydrogen (secondary N) is 1. The van der Waals surface area contributed by atoms with Crippen molar-refractivity contribution in [1.29, 1.82) is 0 Å². The summed E-state index contributed by atoms with van der Waals surface area (Å²) in [5.74, 6) is -1.23. The minimum atomic E-state index is -0.979. The SMILES string of the molecule is CC(OC1=CC=C2CCC=CC2N1)C(=O)C(N)=O. The molecule has 18 heavy (non-hydrogen) atoms. The van der Waals surface area contributed by atoms with Crippen LogP contribution in [0.5, 0.6) is 0 Å². The van der Waals surface area contributed by atoms with E-state index < -0.39 is 17.8 Å². The zero-order valence-corrected chi connectivity index (χ0v) is 10.2. The van der Waals surface area contributed by atoms with Gasteiger partial charge in [-0.2, -0.15) is 0 Å². The summed E-state index contributed by atoms with van der Waals surface area (Å²) in [5, 5.41) is 3.16. The number of hydrogen-bond acceptors (Lipinski definition) is 4. The fourth-order valence-electron chi connectivity index (χ4n) is 1.99. The van der Waals surface area contributed by atoms with Crippen molar-refractivity contribution >= 4 is 11.7 Å². The Morgan fingerprint density at radius 3 is 3.00 bits per heavy atom. The molecule has 2 aliphatic rings. The Bertz CT molecular complexity index is 463. The van der Waals surface area contributed by atoms with Gasteiger partial charge in [0.25, 0.3) is 11.7 Å². The van der Waals surface area contributed by atoms with Crippen molar-refractivity contribution in [2.24, 2.45) is 5.73 Å². The van der Waals surface area contributed by atoms with E-state index in [2.05, 4.69) is 17.5 Å². The molecule has 1 heterocycles. The molecule has 0 saturated carbocycles. The maximum absolute atomic E-state index is 11.3. The number of primary amides is 1. The van der Waals surface area contributed by atoms with Gasteiger partial charge in [-0.1, -0.05) is 18.2 Å². The summed E-state index contributed by atoms with van der Waals surface area (Å²) in [7, 11) is 0. The molecule has 5 heteroatoms. The highest BCUT2D eigenvalue weighted by atomic mass is 16.5. The van der Waals surface area contributed by atoms with Crippen molar-refractivity contribution in [3.63, 3.8) is 0 Å². The number of Topliss-reactive ketones (excluding diaryl/α,β-unsaturated/α-hetero) is 1. The highest BCUT2D eigenvalue weighted by Crippen LogP contribution is 2.22. The number of carbonyl (C=O) groups is 2. The van der Waals surface area contributed by atoms with Crippen molar-refractivity contribution in [2.45, 2.75) is 31.9 Å². The molecule has 0 spiro atoms. The van der Waals surface area contributed by atoms with Gasteiger partial charge in [-0.05, 0) is 31.4 Å². The number of rotatable bonds is 4. The summed E-state index contributed by atoms with van der Waals surface area (Å²) in [6.07, 6.45) is 9.13. The van der Waals surface area contributed by atoms with Crippen LogP contribution in [0.3, 0.4) is 0 Å². The van der Waals surface area contributed by atoms with Crippen molar-refractivity contribution < 1.29 is 14.3 Å². The first-order valence-corrected chi connectivity index (χ1v) is 5.92. The van der Waals surface area contributed by atoms with Gasteiger partial charge in [0.2, 0.25) is 0 Å². The lowest BCUT2D eigenvalue weighted by Gasteiger charge is -2.28. The van der Waals surface area contributed by atoms with Crippen molar-refractivity contribution in [3.8, 4) is 0 Å². The maximum Gasteiger partial charge on any atom is 0.288 e. The van der Waals surface area contributed by atoms with E-state index in [9.17, 15) is 9.59 Å². The molecule has 2 rings (SSSR count). The van der Waals surface area contributed by atoms with Gasteiger partial charge in [-0.3, -0.25) is 9.59 Å². The highest BCUT2D eigenvalue weighted by Gasteiger charge is 2.24. The molecule has 0 fully saturated rings. The molecule has 5 nitrogen and oxygen atoms in total. The molecular formula is C13H16N2O3. The number of ether oxygens (including phenoxy) is 1. The normalized spacial score (nSPS) is 23.1. The molecule has 0 radical (unpaired) electrons. The van der Waals surface area contributed by atoms with Gasteiger partial charge in [0, 0.05) is 0 Å². The number of ketones is 1. The van der Waals surface area contributed by atoms with Crippen molar-refractivity contribution in [1.82, 2.24) is 5.32 Å². The van der Waals surface area contributed by atoms with Crippen LogP contribution in [0.1, 0.15) is 19.8 Å². The van der Waals surface area contributed by atoms with Crippen molar-refractivity contribution in [3.05, 3.63) is 35.8 Å². The van der Waals surface area contributed by atoms with Crippen LogP contribution in [-0.4, -0.2) is 23.8 Å². The second-order valence-corrected chi connectivity index (χ2v) is 4.35. The van der Waals surface area contributed by atoms with Gasteiger partial charge in [0.15, 0.2) is 12.0 Å². The molecule has 0 bridgehead atoms. The lowest BCUT2D eigenvalue weighted by Crippen LogP contribution is -2.38. The Labute approximate surface area is 105 Å².